The van der Waals surface area contributed by atoms with E-state index in [1.807, 2.05) is 24.3 Å². The first-order chi connectivity index (χ1) is 12.4. The largest absolute Gasteiger partial charge is 0.312 e. The van der Waals surface area contributed by atoms with Crippen molar-refractivity contribution < 1.29 is 4.79 Å². The summed E-state index contributed by atoms with van der Waals surface area (Å²) in [6, 6.07) is 9.90. The van der Waals surface area contributed by atoms with E-state index in [0.29, 0.717) is 28.0 Å². The standard InChI is InChI=1S/C21H22N2OS2/c1-12(2)14-5-7-15(8-6-14)19(24)23-20-18(11-22)16-9-4-13(3)10-17(16)21(25)26-20/h5-8,12-13H,4,9-10H2,1-3H3,(H,23,24). The molecule has 0 bridgehead atoms. The van der Waals surface area contributed by atoms with Crippen LogP contribution in [-0.2, 0) is 12.8 Å². The van der Waals surface area contributed by atoms with Gasteiger partial charge >= 0.3 is 0 Å². The van der Waals surface area contributed by atoms with E-state index in [1.54, 1.807) is 0 Å². The van der Waals surface area contributed by atoms with E-state index in [4.69, 9.17) is 12.2 Å². The number of carbonyl (C=O) groups is 1. The third kappa shape index (κ3) is 3.72. The normalized spacial score (nSPS) is 16.0. The molecule has 2 aromatic rings. The Hall–Kier alpha value is -2.03. The lowest BCUT2D eigenvalue weighted by Crippen LogP contribution is -2.17. The molecule has 1 heterocycles. The second-order valence-electron chi connectivity index (χ2n) is 7.24. The number of hydrogen-bond acceptors (Lipinski definition) is 4. The van der Waals surface area contributed by atoms with Crippen LogP contribution in [0.15, 0.2) is 24.3 Å². The predicted molar refractivity (Wildman–Crippen MR) is 110 cm³/mol. The number of nitriles is 1. The number of rotatable bonds is 3. The fourth-order valence-electron chi connectivity index (χ4n) is 3.34. The summed E-state index contributed by atoms with van der Waals surface area (Å²) in [6.45, 7) is 6.45. The third-order valence-electron chi connectivity index (χ3n) is 4.95. The summed E-state index contributed by atoms with van der Waals surface area (Å²) in [5.41, 5.74) is 4.51. The molecule has 1 aliphatic carbocycles. The lowest BCUT2D eigenvalue weighted by atomic mass is 9.85. The summed E-state index contributed by atoms with van der Waals surface area (Å²) in [5, 5.41) is 13.2. The first kappa shape index (κ1) is 18.8. The van der Waals surface area contributed by atoms with Gasteiger partial charge in [0.2, 0.25) is 0 Å². The molecule has 1 aromatic carbocycles. The van der Waals surface area contributed by atoms with Gasteiger partial charge in [-0.25, -0.2) is 0 Å². The van der Waals surface area contributed by atoms with E-state index in [-0.39, 0.29) is 5.91 Å². The number of fused-ring (bicyclic) bond motifs is 1. The van der Waals surface area contributed by atoms with Crippen molar-refractivity contribution in [2.75, 3.05) is 5.32 Å². The van der Waals surface area contributed by atoms with Crippen molar-refractivity contribution in [2.45, 2.75) is 46.0 Å². The lowest BCUT2D eigenvalue weighted by Gasteiger charge is -2.23. The second kappa shape index (κ2) is 7.69. The van der Waals surface area contributed by atoms with Crippen molar-refractivity contribution in [3.8, 4) is 6.07 Å². The van der Waals surface area contributed by atoms with Gasteiger partial charge in [0, 0.05) is 5.56 Å². The van der Waals surface area contributed by atoms with E-state index < -0.39 is 0 Å². The average Bonchev–Trinajstić information content (AvgIpc) is 2.62. The Labute approximate surface area is 163 Å². The van der Waals surface area contributed by atoms with Crippen LogP contribution >= 0.6 is 23.6 Å². The first-order valence-electron chi connectivity index (χ1n) is 8.91. The number of carbonyl (C=O) groups excluding carboxylic acids is 1. The zero-order chi connectivity index (χ0) is 18.8. The van der Waals surface area contributed by atoms with Crippen LogP contribution in [0.1, 0.15) is 65.7 Å². The molecule has 1 amide bonds. The molecule has 0 saturated carbocycles. The van der Waals surface area contributed by atoms with Crippen molar-refractivity contribution in [3.63, 3.8) is 0 Å². The molecular formula is C21H22N2OS2. The van der Waals surface area contributed by atoms with Crippen molar-refractivity contribution in [1.29, 1.82) is 5.26 Å². The van der Waals surface area contributed by atoms with Crippen LogP contribution in [0, 0.1) is 21.1 Å². The van der Waals surface area contributed by atoms with Crippen LogP contribution in [0.2, 0.25) is 0 Å². The summed E-state index contributed by atoms with van der Waals surface area (Å²) in [7, 11) is 0. The second-order valence-corrected chi connectivity index (χ2v) is 8.93. The maximum atomic E-state index is 12.6. The summed E-state index contributed by atoms with van der Waals surface area (Å²) < 4.78 is 0.788. The van der Waals surface area contributed by atoms with Crippen molar-refractivity contribution in [2.24, 2.45) is 5.92 Å². The molecule has 1 aliphatic rings. The molecule has 1 atom stereocenters. The van der Waals surface area contributed by atoms with Gasteiger partial charge in [-0.2, -0.15) is 5.26 Å². The van der Waals surface area contributed by atoms with Gasteiger partial charge in [0.15, 0.2) is 0 Å². The highest BCUT2D eigenvalue weighted by Crippen LogP contribution is 2.36. The molecule has 1 N–H and O–H groups in total. The molecule has 0 spiro atoms. The van der Waals surface area contributed by atoms with E-state index in [2.05, 4.69) is 32.2 Å². The van der Waals surface area contributed by atoms with Gasteiger partial charge in [0.05, 0.1) is 9.39 Å². The minimum Gasteiger partial charge on any atom is -0.312 e. The van der Waals surface area contributed by atoms with Crippen LogP contribution in [0.3, 0.4) is 0 Å². The Morgan fingerprint density at radius 3 is 2.62 bits per heavy atom. The Kier molecular flexibility index (Phi) is 5.55. The minimum absolute atomic E-state index is 0.202. The van der Waals surface area contributed by atoms with Crippen LogP contribution in [0.25, 0.3) is 0 Å². The molecule has 26 heavy (non-hydrogen) atoms. The van der Waals surface area contributed by atoms with Gasteiger partial charge in [0.1, 0.15) is 11.1 Å². The number of nitrogens with zero attached hydrogens (tertiary/aromatic N) is 1. The Bertz CT molecular complexity index is 936. The van der Waals surface area contributed by atoms with Crippen molar-refractivity contribution in [3.05, 3.63) is 55.9 Å². The first-order valence-corrected chi connectivity index (χ1v) is 10.1. The predicted octanol–water partition coefficient (Wildman–Crippen LogP) is 5.85. The number of amides is 1. The number of benzene rings is 1. The molecule has 0 aliphatic heterocycles. The highest BCUT2D eigenvalue weighted by molar-refractivity contribution is 7.73. The van der Waals surface area contributed by atoms with Gasteiger partial charge in [-0.1, -0.05) is 45.1 Å². The van der Waals surface area contributed by atoms with Gasteiger partial charge in [-0.3, -0.25) is 4.79 Å². The molecule has 3 rings (SSSR count). The molecule has 1 unspecified atom stereocenters. The fraction of sp³-hybridized carbons (Fsp3) is 0.381. The summed E-state index contributed by atoms with van der Waals surface area (Å²) in [4.78, 5) is 12.6. The smallest absolute Gasteiger partial charge is 0.256 e. The molecule has 0 fully saturated rings. The zero-order valence-corrected chi connectivity index (χ0v) is 16.9. The fourth-order valence-corrected chi connectivity index (χ4v) is 4.73. The number of nitrogens with one attached hydrogen (secondary N) is 1. The monoisotopic (exact) mass is 382 g/mol. The topological polar surface area (TPSA) is 52.9 Å². The van der Waals surface area contributed by atoms with Gasteiger partial charge < -0.3 is 5.32 Å². The molecule has 3 nitrogen and oxygen atoms in total. The quantitative estimate of drug-likeness (QED) is 0.678. The average molecular weight is 383 g/mol. The highest BCUT2D eigenvalue weighted by atomic mass is 32.1. The van der Waals surface area contributed by atoms with E-state index >= 15 is 0 Å². The maximum Gasteiger partial charge on any atom is 0.256 e. The number of anilines is 1. The van der Waals surface area contributed by atoms with Crippen LogP contribution in [-0.4, -0.2) is 5.91 Å². The number of hydrogen-bond donors (Lipinski definition) is 1. The molecule has 134 valence electrons. The summed E-state index contributed by atoms with van der Waals surface area (Å²) >= 11 is 6.90. The minimum atomic E-state index is -0.202. The van der Waals surface area contributed by atoms with Gasteiger partial charge in [0.25, 0.3) is 5.91 Å². The van der Waals surface area contributed by atoms with Crippen LogP contribution in [0.5, 0.6) is 0 Å². The van der Waals surface area contributed by atoms with Gasteiger partial charge in [-0.05, 0) is 59.9 Å². The van der Waals surface area contributed by atoms with Crippen LogP contribution < -0.4 is 5.32 Å². The molecule has 1 aromatic heterocycles. The summed E-state index contributed by atoms with van der Waals surface area (Å²) in [5.74, 6) is 0.805. The van der Waals surface area contributed by atoms with Crippen molar-refractivity contribution >= 4 is 34.5 Å². The Morgan fingerprint density at radius 1 is 1.31 bits per heavy atom. The molecule has 0 radical (unpaired) electrons. The third-order valence-corrected chi connectivity index (χ3v) is 6.39. The lowest BCUT2D eigenvalue weighted by molar-refractivity contribution is 0.102. The van der Waals surface area contributed by atoms with E-state index in [1.165, 1.54) is 16.9 Å². The molecule has 5 heteroatoms. The van der Waals surface area contributed by atoms with E-state index in [9.17, 15) is 10.1 Å². The maximum absolute atomic E-state index is 12.6. The van der Waals surface area contributed by atoms with Gasteiger partial charge in [-0.15, -0.1) is 11.3 Å². The SMILES string of the molecule is CC1CCc2c(C#N)c(NC(=O)c3ccc(C(C)C)cc3)sc(=S)c2C1. The highest BCUT2D eigenvalue weighted by Gasteiger charge is 2.23. The zero-order valence-electron chi connectivity index (χ0n) is 15.3. The Balaban J connectivity index is 1.92. The van der Waals surface area contributed by atoms with Crippen molar-refractivity contribution in [1.82, 2.24) is 0 Å². The van der Waals surface area contributed by atoms with Crippen LogP contribution in [0.4, 0.5) is 5.00 Å². The Morgan fingerprint density at radius 2 is 2.00 bits per heavy atom. The summed E-state index contributed by atoms with van der Waals surface area (Å²) in [6.07, 6.45) is 2.82. The van der Waals surface area contributed by atoms with E-state index in [0.717, 1.165) is 34.2 Å². The molecular weight excluding hydrogens is 360 g/mol. The molecule has 0 saturated heterocycles.